The minimum Gasteiger partial charge on any atom is -0.481 e. The normalized spacial score (nSPS) is 13.7. The minimum atomic E-state index is -1.95. The molecule has 320 valence electrons. The van der Waals surface area contributed by atoms with Crippen molar-refractivity contribution in [1.29, 1.82) is 0 Å². The molecule has 0 saturated carbocycles. The van der Waals surface area contributed by atoms with Gasteiger partial charge in [-0.25, -0.2) is 4.79 Å². The van der Waals surface area contributed by atoms with E-state index < -0.39 is 134 Å². The summed E-state index contributed by atoms with van der Waals surface area (Å²) in [5, 5.41) is 50.1. The van der Waals surface area contributed by atoms with Gasteiger partial charge in [0.1, 0.15) is 30.2 Å². The maximum absolute atomic E-state index is 13.4. The first-order valence-corrected chi connectivity index (χ1v) is 17.4. The van der Waals surface area contributed by atoms with Crippen LogP contribution in [0.15, 0.2) is 35.3 Å². The van der Waals surface area contributed by atoms with E-state index in [9.17, 15) is 68.4 Å². The molecule has 0 heterocycles. The van der Waals surface area contributed by atoms with Gasteiger partial charge in [-0.15, -0.1) is 0 Å². The lowest BCUT2D eigenvalue weighted by Gasteiger charge is -2.25. The molecule has 0 fully saturated rings. The lowest BCUT2D eigenvalue weighted by Crippen LogP contribution is -2.59. The number of aliphatic hydroxyl groups excluding tert-OH is 1. The topological polar surface area (TPSA) is 440 Å². The average Bonchev–Trinajstić information content (AvgIpc) is 3.14. The fraction of sp³-hybridized carbons (Fsp3) is 0.485. The van der Waals surface area contributed by atoms with Crippen LogP contribution in [0.4, 0.5) is 0 Å². The molecule has 1 aromatic rings. The van der Waals surface area contributed by atoms with Crippen LogP contribution < -0.4 is 54.8 Å². The first-order chi connectivity index (χ1) is 27.2. The van der Waals surface area contributed by atoms with E-state index in [0.29, 0.717) is 5.56 Å². The maximum Gasteiger partial charge on any atom is 0.328 e. The van der Waals surface area contributed by atoms with Crippen molar-refractivity contribution in [2.45, 2.75) is 81.2 Å². The van der Waals surface area contributed by atoms with Crippen molar-refractivity contribution in [3.8, 4) is 0 Å². The highest BCUT2D eigenvalue weighted by Gasteiger charge is 2.33. The van der Waals surface area contributed by atoms with Gasteiger partial charge in [-0.05, 0) is 31.2 Å². The predicted molar refractivity (Wildman–Crippen MR) is 198 cm³/mol. The van der Waals surface area contributed by atoms with Crippen molar-refractivity contribution in [3.05, 3.63) is 35.9 Å². The average molecular weight is 824 g/mol. The highest BCUT2D eigenvalue weighted by Crippen LogP contribution is 2.06. The zero-order chi connectivity index (χ0) is 43.9. The molecule has 6 atom stereocenters. The highest BCUT2D eigenvalue weighted by molar-refractivity contribution is 5.98. The molecular weight excluding hydrogens is 774 g/mol. The summed E-state index contributed by atoms with van der Waals surface area (Å²) in [4.78, 5) is 128. The van der Waals surface area contributed by atoms with Crippen LogP contribution >= 0.6 is 0 Å². The summed E-state index contributed by atoms with van der Waals surface area (Å²) in [5.41, 5.74) is 22.4. The van der Waals surface area contributed by atoms with Crippen LogP contribution in [0.3, 0.4) is 0 Å². The van der Waals surface area contributed by atoms with E-state index in [-0.39, 0.29) is 31.8 Å². The number of nitrogens with one attached hydrogen (secondary N) is 6. The summed E-state index contributed by atoms with van der Waals surface area (Å²) in [6.45, 7) is -2.00. The quantitative estimate of drug-likeness (QED) is 0.0223. The van der Waals surface area contributed by atoms with Crippen LogP contribution in [0.2, 0.25) is 0 Å². The summed E-state index contributed by atoms with van der Waals surface area (Å²) in [5.74, 6) is -12.7. The Hall–Kier alpha value is -6.89. The summed E-state index contributed by atoms with van der Waals surface area (Å²) in [7, 11) is 0. The Kier molecular flexibility index (Phi) is 21.4. The molecule has 0 aliphatic carbocycles. The van der Waals surface area contributed by atoms with Crippen LogP contribution in [0, 0.1) is 0 Å². The first kappa shape index (κ1) is 49.1. The van der Waals surface area contributed by atoms with Crippen LogP contribution in [-0.2, 0) is 54.4 Å². The summed E-state index contributed by atoms with van der Waals surface area (Å²) < 4.78 is 0. The number of nitrogens with zero attached hydrogens (tertiary/aromatic N) is 1. The van der Waals surface area contributed by atoms with E-state index in [1.54, 1.807) is 30.3 Å². The van der Waals surface area contributed by atoms with Crippen molar-refractivity contribution >= 4 is 65.2 Å². The molecule has 0 bridgehead atoms. The SMILES string of the molecule is NC(=O)CC[C@H](NC(=O)CNC(=O)[C@H](CC(=O)O)NC(=O)[C@@H](N)Cc1ccccc1)C(=O)N[C@@H](CC(=O)O)C(=O)N[C@@H](CCCN=C(N)N)C(=O)N[C@@H](CO)C(=O)O. The number of carboxylic acid groups (broad SMARTS) is 3. The Bertz CT molecular complexity index is 1670. The second kappa shape index (κ2) is 25.3. The van der Waals surface area contributed by atoms with Crippen molar-refractivity contribution in [2.24, 2.45) is 27.9 Å². The minimum absolute atomic E-state index is 0.0199. The van der Waals surface area contributed by atoms with Gasteiger partial charge >= 0.3 is 17.9 Å². The Labute approximate surface area is 330 Å². The number of benzene rings is 1. The van der Waals surface area contributed by atoms with Gasteiger partial charge in [-0.3, -0.25) is 48.1 Å². The molecule has 1 aromatic carbocycles. The Morgan fingerprint density at radius 3 is 1.66 bits per heavy atom. The number of aliphatic hydroxyl groups is 1. The van der Waals surface area contributed by atoms with Crippen molar-refractivity contribution in [1.82, 2.24) is 31.9 Å². The second-order valence-corrected chi connectivity index (χ2v) is 12.5. The molecule has 1 rings (SSSR count). The summed E-state index contributed by atoms with van der Waals surface area (Å²) in [6, 6.07) is -1.34. The number of carbonyl (C=O) groups is 10. The maximum atomic E-state index is 13.4. The van der Waals surface area contributed by atoms with Crippen LogP contribution in [0.1, 0.15) is 44.1 Å². The standard InChI is InChI=1S/C33H49N11O14/c34-17(11-16-5-2-1-3-6-16)27(52)42-20(12-25(48)49)28(53)39-14-24(47)40-19(8-9-23(35)46)30(55)43-21(13-26(50)51)31(56)41-18(7-4-10-38-33(36)37)29(54)44-22(15-45)32(57)58/h1-3,5-6,17-22,45H,4,7-15,34H2,(H2,35,46)(H,39,53)(H,40,47)(H,41,56)(H,42,52)(H,43,55)(H,44,54)(H,48,49)(H,50,51)(H,57,58)(H4,36,37,38)/t17-,18-,19-,20-,21-,22-/m0/s1. The van der Waals surface area contributed by atoms with Gasteiger partial charge < -0.3 is 75.3 Å². The zero-order valence-electron chi connectivity index (χ0n) is 31.0. The van der Waals surface area contributed by atoms with Crippen molar-refractivity contribution in [3.63, 3.8) is 0 Å². The third-order valence-corrected chi connectivity index (χ3v) is 7.79. The molecule has 0 aliphatic heterocycles. The molecule has 18 N–H and O–H groups in total. The molecule has 0 spiro atoms. The molecule has 0 unspecified atom stereocenters. The molecule has 0 saturated heterocycles. The fourth-order valence-corrected chi connectivity index (χ4v) is 4.87. The summed E-state index contributed by atoms with van der Waals surface area (Å²) in [6.07, 6.45) is -3.21. The Morgan fingerprint density at radius 1 is 0.638 bits per heavy atom. The molecule has 58 heavy (non-hydrogen) atoms. The van der Waals surface area contributed by atoms with Gasteiger partial charge in [0.15, 0.2) is 5.96 Å². The molecule has 7 amide bonds. The molecule has 0 aliphatic rings. The number of rotatable bonds is 27. The number of carbonyl (C=O) groups excluding carboxylic acids is 7. The lowest BCUT2D eigenvalue weighted by molar-refractivity contribution is -0.144. The number of carboxylic acids is 3. The van der Waals surface area contributed by atoms with E-state index >= 15 is 0 Å². The zero-order valence-corrected chi connectivity index (χ0v) is 31.0. The van der Waals surface area contributed by atoms with E-state index in [1.807, 2.05) is 5.32 Å². The number of primary amides is 1. The third kappa shape index (κ3) is 19.6. The summed E-state index contributed by atoms with van der Waals surface area (Å²) >= 11 is 0. The van der Waals surface area contributed by atoms with Crippen LogP contribution in [0.5, 0.6) is 0 Å². The van der Waals surface area contributed by atoms with E-state index in [0.717, 1.165) is 0 Å². The Balaban J connectivity index is 3.13. The number of aliphatic carboxylic acids is 3. The number of aliphatic imine (C=N–C) groups is 1. The smallest absolute Gasteiger partial charge is 0.328 e. The van der Waals surface area contributed by atoms with Gasteiger partial charge in [-0.2, -0.15) is 0 Å². The van der Waals surface area contributed by atoms with Gasteiger partial charge in [0, 0.05) is 13.0 Å². The fourth-order valence-electron chi connectivity index (χ4n) is 4.87. The number of guanidine groups is 1. The van der Waals surface area contributed by atoms with Gasteiger partial charge in [0.05, 0.1) is 32.0 Å². The van der Waals surface area contributed by atoms with Crippen molar-refractivity contribution < 1.29 is 68.4 Å². The number of amides is 7. The third-order valence-electron chi connectivity index (χ3n) is 7.79. The van der Waals surface area contributed by atoms with Crippen LogP contribution in [-0.4, -0.2) is 142 Å². The Morgan fingerprint density at radius 2 is 1.14 bits per heavy atom. The van der Waals surface area contributed by atoms with E-state index in [2.05, 4.69) is 31.6 Å². The van der Waals surface area contributed by atoms with Gasteiger partial charge in [-0.1, -0.05) is 30.3 Å². The molecular formula is C33H49N11O14. The largest absolute Gasteiger partial charge is 0.481 e. The van der Waals surface area contributed by atoms with Crippen LogP contribution in [0.25, 0.3) is 0 Å². The van der Waals surface area contributed by atoms with E-state index in [4.69, 9.17) is 22.9 Å². The molecule has 25 nitrogen and oxygen atoms in total. The predicted octanol–water partition coefficient (Wildman–Crippen LogP) is -6.56. The van der Waals surface area contributed by atoms with Gasteiger partial charge in [0.25, 0.3) is 0 Å². The number of nitrogens with two attached hydrogens (primary N) is 4. The molecule has 25 heteroatoms. The number of hydrogen-bond donors (Lipinski definition) is 14. The second-order valence-electron chi connectivity index (χ2n) is 12.5. The van der Waals surface area contributed by atoms with Crippen molar-refractivity contribution in [2.75, 3.05) is 19.7 Å². The molecule has 0 radical (unpaired) electrons. The number of hydrogen-bond acceptors (Lipinski definition) is 13. The molecule has 0 aromatic heterocycles. The monoisotopic (exact) mass is 823 g/mol. The van der Waals surface area contributed by atoms with E-state index in [1.165, 1.54) is 0 Å². The highest BCUT2D eigenvalue weighted by atomic mass is 16.4. The first-order valence-electron chi connectivity index (χ1n) is 17.4. The lowest BCUT2D eigenvalue weighted by atomic mass is 10.1. The van der Waals surface area contributed by atoms with Gasteiger partial charge in [0.2, 0.25) is 41.4 Å².